The lowest BCUT2D eigenvalue weighted by atomic mass is 9.83. The maximum absolute atomic E-state index is 2.44. The summed E-state index contributed by atoms with van der Waals surface area (Å²) in [6, 6.07) is 54.8. The van der Waals surface area contributed by atoms with Gasteiger partial charge in [0.05, 0.1) is 5.69 Å². The van der Waals surface area contributed by atoms with Gasteiger partial charge in [0, 0.05) is 16.8 Å². The number of para-hydroxylation sites is 2. The molecule has 0 saturated heterocycles. The third kappa shape index (κ3) is 5.43. The fourth-order valence-corrected chi connectivity index (χ4v) is 6.68. The molecule has 1 nitrogen and oxygen atoms in total. The van der Waals surface area contributed by atoms with E-state index in [4.69, 9.17) is 0 Å². The van der Waals surface area contributed by atoms with Gasteiger partial charge in [-0.1, -0.05) is 147 Å². The summed E-state index contributed by atoms with van der Waals surface area (Å²) in [7, 11) is 0. The number of nitrogens with zero attached hydrogens (tertiary/aromatic N) is 1. The molecule has 0 aliphatic rings. The highest BCUT2D eigenvalue weighted by Gasteiger charge is 2.22. The summed E-state index contributed by atoms with van der Waals surface area (Å²) in [6.45, 7) is 4.57. The molecule has 0 saturated carbocycles. The van der Waals surface area contributed by atoms with Crippen LogP contribution in [0.25, 0.3) is 44.8 Å². The standard InChI is InChI=1S/C44H37N/c1-3-33-30-35(29-28-32-18-8-5-9-19-32)38-24-14-16-26-40(38)43(33)44-34(4-2)31-42(39-25-15-17-27-41(39)44)45(36-20-10-6-11-21-36)37-22-12-7-13-23-37/h5-31H,3-4H2,1-2H3/b29-28+. The zero-order valence-corrected chi connectivity index (χ0v) is 25.9. The molecule has 0 fully saturated rings. The lowest BCUT2D eigenvalue weighted by molar-refractivity contribution is 1.12. The normalized spacial score (nSPS) is 11.4. The van der Waals surface area contributed by atoms with E-state index < -0.39 is 0 Å². The molecule has 0 radical (unpaired) electrons. The summed E-state index contributed by atoms with van der Waals surface area (Å²) in [5, 5.41) is 5.12. The molecule has 0 spiro atoms. The highest BCUT2D eigenvalue weighted by Crippen LogP contribution is 2.46. The monoisotopic (exact) mass is 579 g/mol. The topological polar surface area (TPSA) is 3.24 Å². The summed E-state index contributed by atoms with van der Waals surface area (Å²) in [5.41, 5.74) is 11.4. The number of hydrogen-bond acceptors (Lipinski definition) is 1. The first kappa shape index (κ1) is 28.4. The Balaban J connectivity index is 1.51. The maximum atomic E-state index is 2.44. The molecule has 218 valence electrons. The van der Waals surface area contributed by atoms with Gasteiger partial charge in [-0.3, -0.25) is 0 Å². The molecule has 7 rings (SSSR count). The fourth-order valence-electron chi connectivity index (χ4n) is 6.68. The van der Waals surface area contributed by atoms with Crippen LogP contribution in [0.4, 0.5) is 17.1 Å². The Kier molecular flexibility index (Phi) is 8.00. The van der Waals surface area contributed by atoms with Crippen LogP contribution in [0.2, 0.25) is 0 Å². The molecule has 7 aromatic rings. The van der Waals surface area contributed by atoms with E-state index in [1.54, 1.807) is 0 Å². The zero-order valence-electron chi connectivity index (χ0n) is 25.9. The van der Waals surface area contributed by atoms with E-state index in [9.17, 15) is 0 Å². The van der Waals surface area contributed by atoms with Crippen molar-refractivity contribution in [3.63, 3.8) is 0 Å². The summed E-state index contributed by atoms with van der Waals surface area (Å²) in [4.78, 5) is 2.40. The van der Waals surface area contributed by atoms with Crippen LogP contribution in [-0.4, -0.2) is 0 Å². The van der Waals surface area contributed by atoms with Crippen molar-refractivity contribution in [3.05, 3.63) is 174 Å². The van der Waals surface area contributed by atoms with Gasteiger partial charge >= 0.3 is 0 Å². The van der Waals surface area contributed by atoms with Crippen molar-refractivity contribution in [2.24, 2.45) is 0 Å². The van der Waals surface area contributed by atoms with E-state index in [2.05, 4.69) is 183 Å². The van der Waals surface area contributed by atoms with Gasteiger partial charge in [0.25, 0.3) is 0 Å². The van der Waals surface area contributed by atoms with E-state index in [1.165, 1.54) is 60.6 Å². The molecule has 45 heavy (non-hydrogen) atoms. The van der Waals surface area contributed by atoms with Crippen molar-refractivity contribution in [3.8, 4) is 11.1 Å². The van der Waals surface area contributed by atoms with Gasteiger partial charge in [-0.2, -0.15) is 0 Å². The van der Waals surface area contributed by atoms with E-state index in [0.29, 0.717) is 0 Å². The number of fused-ring (bicyclic) bond motifs is 2. The van der Waals surface area contributed by atoms with E-state index in [-0.39, 0.29) is 0 Å². The van der Waals surface area contributed by atoms with E-state index in [0.717, 1.165) is 24.2 Å². The van der Waals surface area contributed by atoms with Gasteiger partial charge in [-0.25, -0.2) is 0 Å². The highest BCUT2D eigenvalue weighted by molar-refractivity contribution is 6.13. The van der Waals surface area contributed by atoms with Crippen LogP contribution in [0, 0.1) is 0 Å². The quantitative estimate of drug-likeness (QED) is 0.162. The minimum Gasteiger partial charge on any atom is -0.310 e. The molecule has 0 aliphatic carbocycles. The fraction of sp³-hybridized carbons (Fsp3) is 0.0909. The first-order chi connectivity index (χ1) is 22.3. The average molecular weight is 580 g/mol. The SMILES string of the molecule is CCc1cc(/C=C/c2ccccc2)c2ccccc2c1-c1c(CC)cc(N(c2ccccc2)c2ccccc2)c2ccccc12. The number of anilines is 3. The molecule has 0 heterocycles. The van der Waals surface area contributed by atoms with E-state index >= 15 is 0 Å². The van der Waals surface area contributed by atoms with Crippen molar-refractivity contribution in [2.75, 3.05) is 4.90 Å². The lowest BCUT2D eigenvalue weighted by Crippen LogP contribution is -2.11. The molecule has 0 atom stereocenters. The first-order valence-corrected chi connectivity index (χ1v) is 16.0. The predicted octanol–water partition coefficient (Wildman–Crippen LogP) is 12.4. The van der Waals surface area contributed by atoms with Crippen LogP contribution in [0.15, 0.2) is 152 Å². The van der Waals surface area contributed by atoms with Crippen LogP contribution in [-0.2, 0) is 12.8 Å². The molecular weight excluding hydrogens is 542 g/mol. The summed E-state index contributed by atoms with van der Waals surface area (Å²) in [5.74, 6) is 0. The van der Waals surface area contributed by atoms with E-state index in [1.807, 2.05) is 0 Å². The molecule has 0 aliphatic heterocycles. The Morgan fingerprint density at radius 1 is 0.444 bits per heavy atom. The molecule has 0 amide bonds. The van der Waals surface area contributed by atoms with Gasteiger partial charge in [0.2, 0.25) is 0 Å². The summed E-state index contributed by atoms with van der Waals surface area (Å²) in [6.07, 6.45) is 6.38. The van der Waals surface area contributed by atoms with Gasteiger partial charge in [-0.05, 0) is 92.7 Å². The lowest BCUT2D eigenvalue weighted by Gasteiger charge is -2.29. The summed E-state index contributed by atoms with van der Waals surface area (Å²) < 4.78 is 0. The Morgan fingerprint density at radius 2 is 0.889 bits per heavy atom. The Morgan fingerprint density at radius 3 is 1.44 bits per heavy atom. The smallest absolute Gasteiger partial charge is 0.0543 e. The molecule has 0 bridgehead atoms. The van der Waals surface area contributed by atoms with Crippen molar-refractivity contribution >= 4 is 50.8 Å². The van der Waals surface area contributed by atoms with Gasteiger partial charge in [-0.15, -0.1) is 0 Å². The van der Waals surface area contributed by atoms with Crippen LogP contribution in [0.3, 0.4) is 0 Å². The van der Waals surface area contributed by atoms with Crippen LogP contribution in [0.5, 0.6) is 0 Å². The maximum Gasteiger partial charge on any atom is 0.0543 e. The van der Waals surface area contributed by atoms with Crippen molar-refractivity contribution in [1.82, 2.24) is 0 Å². The minimum absolute atomic E-state index is 0.928. The second kappa shape index (κ2) is 12.7. The number of benzene rings is 7. The second-order valence-electron chi connectivity index (χ2n) is 11.5. The van der Waals surface area contributed by atoms with Gasteiger partial charge < -0.3 is 4.90 Å². The number of hydrogen-bond donors (Lipinski definition) is 0. The molecule has 0 aromatic heterocycles. The van der Waals surface area contributed by atoms with Crippen LogP contribution < -0.4 is 4.90 Å². The third-order valence-electron chi connectivity index (χ3n) is 8.80. The highest BCUT2D eigenvalue weighted by atomic mass is 15.1. The largest absolute Gasteiger partial charge is 0.310 e. The van der Waals surface area contributed by atoms with Gasteiger partial charge in [0.1, 0.15) is 0 Å². The molecular formula is C44H37N. The Bertz CT molecular complexity index is 2070. The van der Waals surface area contributed by atoms with Crippen LogP contribution >= 0.6 is 0 Å². The molecule has 0 unspecified atom stereocenters. The van der Waals surface area contributed by atoms with Crippen molar-refractivity contribution in [2.45, 2.75) is 26.7 Å². The van der Waals surface area contributed by atoms with Crippen LogP contribution in [0.1, 0.15) is 36.1 Å². The van der Waals surface area contributed by atoms with Crippen molar-refractivity contribution < 1.29 is 0 Å². The van der Waals surface area contributed by atoms with Crippen molar-refractivity contribution in [1.29, 1.82) is 0 Å². The Hall–Kier alpha value is -5.40. The summed E-state index contributed by atoms with van der Waals surface area (Å²) >= 11 is 0. The predicted molar refractivity (Wildman–Crippen MR) is 196 cm³/mol. The number of rotatable bonds is 8. The number of aryl methyl sites for hydroxylation is 2. The molecule has 0 N–H and O–H groups in total. The second-order valence-corrected chi connectivity index (χ2v) is 11.5. The zero-order chi connectivity index (χ0) is 30.6. The first-order valence-electron chi connectivity index (χ1n) is 16.0. The minimum atomic E-state index is 0.928. The third-order valence-corrected chi connectivity index (χ3v) is 8.80. The average Bonchev–Trinajstić information content (AvgIpc) is 3.11. The van der Waals surface area contributed by atoms with Gasteiger partial charge in [0.15, 0.2) is 0 Å². The Labute approximate surface area is 266 Å². The molecule has 7 aromatic carbocycles. The molecule has 1 heteroatoms.